The Labute approximate surface area is 185 Å². The van der Waals surface area contributed by atoms with Crippen molar-refractivity contribution >= 4 is 57.8 Å². The quantitative estimate of drug-likeness (QED) is 0.546. The van der Waals surface area contributed by atoms with Crippen molar-refractivity contribution in [1.82, 2.24) is 10.6 Å². The Morgan fingerprint density at radius 2 is 1.97 bits per heavy atom. The highest BCUT2D eigenvalue weighted by Gasteiger charge is 2.31. The summed E-state index contributed by atoms with van der Waals surface area (Å²) in [6.07, 6.45) is -0.928. The van der Waals surface area contributed by atoms with Crippen molar-refractivity contribution in [3.05, 3.63) is 75.8 Å². The van der Waals surface area contributed by atoms with Gasteiger partial charge in [-0.2, -0.15) is 0 Å². The van der Waals surface area contributed by atoms with Crippen molar-refractivity contribution in [3.8, 4) is 0 Å². The second kappa shape index (κ2) is 8.95. The minimum atomic E-state index is -0.928. The third-order valence-corrected chi connectivity index (χ3v) is 5.17. The highest BCUT2D eigenvalue weighted by atomic mass is 35.5. The fraction of sp³-hybridized carbons (Fsp3) is 0.190. The Kier molecular flexibility index (Phi) is 6.57. The number of carbonyl (C=O) groups excluding carboxylic acids is 1. The van der Waals surface area contributed by atoms with Crippen molar-refractivity contribution in [1.29, 1.82) is 0 Å². The number of benzene rings is 2. The zero-order valence-electron chi connectivity index (χ0n) is 16.0. The van der Waals surface area contributed by atoms with Crippen molar-refractivity contribution < 1.29 is 4.79 Å². The molecule has 1 atom stereocenters. The summed E-state index contributed by atoms with van der Waals surface area (Å²) in [5.41, 5.74) is 3.58. The SMILES string of the molecule is C=C(C)CNC(=S)NC1N=C(c2ccccc2Cl)c2cc(Cl)ccc2N(C)C1=O. The molecule has 1 aliphatic heterocycles. The second-order valence-electron chi connectivity index (χ2n) is 6.70. The molecule has 0 radical (unpaired) electrons. The van der Waals surface area contributed by atoms with Gasteiger partial charge in [-0.3, -0.25) is 4.79 Å². The number of aliphatic imine (C=N–C) groups is 1. The zero-order valence-corrected chi connectivity index (χ0v) is 18.3. The maximum absolute atomic E-state index is 13.1. The minimum Gasteiger partial charge on any atom is -0.359 e. The predicted molar refractivity (Wildman–Crippen MR) is 124 cm³/mol. The third-order valence-electron chi connectivity index (χ3n) is 4.35. The van der Waals surface area contributed by atoms with E-state index in [1.807, 2.05) is 25.1 Å². The van der Waals surface area contributed by atoms with Gasteiger partial charge in [-0.25, -0.2) is 4.99 Å². The topological polar surface area (TPSA) is 56.7 Å². The van der Waals surface area contributed by atoms with E-state index in [1.54, 1.807) is 31.3 Å². The molecular weight excluding hydrogens is 427 g/mol. The number of anilines is 1. The van der Waals surface area contributed by atoms with E-state index < -0.39 is 6.17 Å². The number of fused-ring (bicyclic) bond motifs is 1. The van der Waals surface area contributed by atoms with E-state index in [4.69, 9.17) is 40.4 Å². The van der Waals surface area contributed by atoms with Crippen molar-refractivity contribution in [2.45, 2.75) is 13.1 Å². The van der Waals surface area contributed by atoms with E-state index in [-0.39, 0.29) is 5.91 Å². The molecule has 3 rings (SSSR count). The molecule has 2 N–H and O–H groups in total. The van der Waals surface area contributed by atoms with Crippen LogP contribution in [0.25, 0.3) is 0 Å². The standard InChI is InChI=1S/C21H20Cl2N4OS/c1-12(2)11-24-21(29)26-19-20(28)27(3)17-9-8-13(22)10-15(17)18(25-19)14-6-4-5-7-16(14)23/h4-10,19H,1,11H2,2-3H3,(H2,24,26,29). The van der Waals surface area contributed by atoms with Crippen LogP contribution in [0.2, 0.25) is 10.0 Å². The van der Waals surface area contributed by atoms with Gasteiger partial charge in [-0.1, -0.05) is 53.6 Å². The summed E-state index contributed by atoms with van der Waals surface area (Å²) in [5, 5.41) is 7.37. The van der Waals surface area contributed by atoms with Gasteiger partial charge in [0.05, 0.1) is 11.4 Å². The number of amides is 1. The number of carbonyl (C=O) groups is 1. The molecule has 5 nitrogen and oxygen atoms in total. The van der Waals surface area contributed by atoms with Gasteiger partial charge in [0.25, 0.3) is 5.91 Å². The lowest BCUT2D eigenvalue weighted by atomic mass is 10.00. The number of halogens is 2. The number of benzodiazepines with no additional fused rings is 1. The highest BCUT2D eigenvalue weighted by Crippen LogP contribution is 2.31. The van der Waals surface area contributed by atoms with E-state index in [9.17, 15) is 4.79 Å². The first-order valence-corrected chi connectivity index (χ1v) is 10.0. The molecule has 0 bridgehead atoms. The smallest absolute Gasteiger partial charge is 0.272 e. The molecule has 0 fully saturated rings. The average molecular weight is 447 g/mol. The van der Waals surface area contributed by atoms with Gasteiger partial charge < -0.3 is 15.5 Å². The third kappa shape index (κ3) is 4.78. The van der Waals surface area contributed by atoms with Crippen molar-refractivity contribution in [2.24, 2.45) is 4.99 Å². The van der Waals surface area contributed by atoms with E-state index in [0.717, 1.165) is 5.57 Å². The highest BCUT2D eigenvalue weighted by molar-refractivity contribution is 7.80. The second-order valence-corrected chi connectivity index (χ2v) is 7.95. The van der Waals surface area contributed by atoms with Crippen molar-refractivity contribution in [2.75, 3.05) is 18.5 Å². The largest absolute Gasteiger partial charge is 0.359 e. The van der Waals surface area contributed by atoms with Gasteiger partial charge in [-0.05, 0) is 43.4 Å². The molecule has 0 spiro atoms. The van der Waals surface area contributed by atoms with E-state index in [2.05, 4.69) is 17.2 Å². The van der Waals surface area contributed by atoms with Gasteiger partial charge in [-0.15, -0.1) is 0 Å². The summed E-state index contributed by atoms with van der Waals surface area (Å²) < 4.78 is 0. The van der Waals surface area contributed by atoms with Gasteiger partial charge in [0.2, 0.25) is 6.17 Å². The molecule has 0 saturated carbocycles. The lowest BCUT2D eigenvalue weighted by molar-refractivity contribution is -0.119. The van der Waals surface area contributed by atoms with Crippen LogP contribution in [0, 0.1) is 0 Å². The van der Waals surface area contributed by atoms with E-state index >= 15 is 0 Å². The Morgan fingerprint density at radius 3 is 2.66 bits per heavy atom. The number of hydrogen-bond acceptors (Lipinski definition) is 3. The van der Waals surface area contributed by atoms with Gasteiger partial charge in [0, 0.05) is 34.8 Å². The number of nitrogens with one attached hydrogen (secondary N) is 2. The maximum Gasteiger partial charge on any atom is 0.272 e. The molecule has 0 aromatic heterocycles. The first-order chi connectivity index (χ1) is 13.8. The van der Waals surface area contributed by atoms with E-state index in [1.165, 1.54) is 4.90 Å². The Morgan fingerprint density at radius 1 is 1.24 bits per heavy atom. The fourth-order valence-corrected chi connectivity index (χ4v) is 3.50. The lowest BCUT2D eigenvalue weighted by Gasteiger charge is -2.22. The van der Waals surface area contributed by atoms with Crippen LogP contribution >= 0.6 is 35.4 Å². The Hall–Kier alpha value is -2.41. The van der Waals surface area contributed by atoms with Gasteiger partial charge in [0.1, 0.15) is 0 Å². The predicted octanol–water partition coefficient (Wildman–Crippen LogP) is 4.17. The normalized spacial score (nSPS) is 15.9. The van der Waals surface area contributed by atoms with Crippen LogP contribution in [-0.4, -0.2) is 36.5 Å². The number of rotatable bonds is 4. The molecule has 150 valence electrons. The molecule has 0 saturated heterocycles. The zero-order chi connectivity index (χ0) is 21.1. The summed E-state index contributed by atoms with van der Waals surface area (Å²) >= 11 is 18.0. The van der Waals surface area contributed by atoms with Crippen LogP contribution in [0.4, 0.5) is 5.69 Å². The van der Waals surface area contributed by atoms with Crippen LogP contribution in [0.3, 0.4) is 0 Å². The monoisotopic (exact) mass is 446 g/mol. The van der Waals surface area contributed by atoms with Crippen LogP contribution in [-0.2, 0) is 4.79 Å². The molecule has 29 heavy (non-hydrogen) atoms. The minimum absolute atomic E-state index is 0.255. The molecule has 1 unspecified atom stereocenters. The molecule has 0 aliphatic carbocycles. The molecule has 1 aliphatic rings. The van der Waals surface area contributed by atoms with Crippen LogP contribution in [0.15, 0.2) is 59.6 Å². The van der Waals surface area contributed by atoms with E-state index in [0.29, 0.717) is 44.2 Å². The first kappa shape index (κ1) is 21.3. The molecule has 2 aromatic carbocycles. The summed E-state index contributed by atoms with van der Waals surface area (Å²) in [4.78, 5) is 19.4. The lowest BCUT2D eigenvalue weighted by Crippen LogP contribution is -2.49. The van der Waals surface area contributed by atoms with Crippen LogP contribution in [0.5, 0.6) is 0 Å². The van der Waals surface area contributed by atoms with Crippen molar-refractivity contribution in [3.63, 3.8) is 0 Å². The number of thiocarbonyl (C=S) groups is 1. The Balaban J connectivity index is 2.09. The fourth-order valence-electron chi connectivity index (χ4n) is 2.91. The summed E-state index contributed by atoms with van der Waals surface area (Å²) in [5.74, 6) is -0.255. The number of nitrogens with zero attached hydrogens (tertiary/aromatic N) is 2. The summed E-state index contributed by atoms with van der Waals surface area (Å²) in [6.45, 7) is 6.22. The maximum atomic E-state index is 13.1. The molecule has 1 amide bonds. The molecule has 8 heteroatoms. The summed E-state index contributed by atoms with van der Waals surface area (Å²) in [6, 6.07) is 12.7. The Bertz CT molecular complexity index is 1020. The number of likely N-dealkylation sites (N-methyl/N-ethyl adjacent to an activating group) is 1. The van der Waals surface area contributed by atoms with Crippen LogP contribution < -0.4 is 15.5 Å². The average Bonchev–Trinajstić information content (AvgIpc) is 2.77. The molecule has 1 heterocycles. The molecule has 2 aromatic rings. The summed E-state index contributed by atoms with van der Waals surface area (Å²) in [7, 11) is 1.69. The first-order valence-electron chi connectivity index (χ1n) is 8.87. The van der Waals surface area contributed by atoms with Gasteiger partial charge in [0.15, 0.2) is 5.11 Å². The number of hydrogen-bond donors (Lipinski definition) is 2. The molecular formula is C21H20Cl2N4OS. The van der Waals surface area contributed by atoms with Gasteiger partial charge >= 0.3 is 0 Å². The van der Waals surface area contributed by atoms with Crippen LogP contribution in [0.1, 0.15) is 18.1 Å².